The van der Waals surface area contributed by atoms with Gasteiger partial charge in [0.15, 0.2) is 22.5 Å². The standard InChI is InChI=1S/C32H34F2N6O3S2/c1-18(2)38-14-32(15-38)16-39(17-32)27-12-21(6-7-23(27)33)29-22(9-20-5-8-28(45(35)43)24(34)10-20)26(11-19-3-4-19)40(37-29)31-36-25(13-44-31)30(41)42/h5-8,10,12-13,18-19H,3-4,9,11,14-17H2,1-2H3,(H2,35,43)(H,41,42)/p+1. The number of aromatic carboxylic acids is 1. The topological polar surface area (TPSA) is 118 Å². The molecule has 1 saturated carbocycles. The number of nitrogens with two attached hydrogens (primary N) is 1. The molecular weight excluding hydrogens is 619 g/mol. The van der Waals surface area contributed by atoms with E-state index in [4.69, 9.17) is 10.2 Å². The van der Waals surface area contributed by atoms with E-state index >= 15 is 4.39 Å². The monoisotopic (exact) mass is 653 g/mol. The highest BCUT2D eigenvalue weighted by atomic mass is 32.2. The Balaban J connectivity index is 1.30. The summed E-state index contributed by atoms with van der Waals surface area (Å²) >= 11 is 1.19. The molecule has 236 valence electrons. The zero-order valence-corrected chi connectivity index (χ0v) is 26.8. The predicted octanol–water partition coefficient (Wildman–Crippen LogP) is 4.97. The average molecular weight is 654 g/mol. The van der Waals surface area contributed by atoms with Gasteiger partial charge in [-0.15, -0.1) is 16.5 Å². The first kappa shape index (κ1) is 30.2. The molecule has 2 aromatic carbocycles. The van der Waals surface area contributed by atoms with Gasteiger partial charge in [0.2, 0.25) is 10.0 Å². The number of likely N-dealkylation sites (tertiary alicyclic amines) is 1. The van der Waals surface area contributed by atoms with Crippen molar-refractivity contribution in [2.45, 2.75) is 50.5 Å². The largest absolute Gasteiger partial charge is 0.476 e. The van der Waals surface area contributed by atoms with E-state index in [1.54, 1.807) is 16.8 Å². The number of nitrogens with zero attached hydrogens (tertiary/aromatic N) is 5. The van der Waals surface area contributed by atoms with E-state index in [0.29, 0.717) is 52.4 Å². The Morgan fingerprint density at radius 3 is 2.51 bits per heavy atom. The van der Waals surface area contributed by atoms with Crippen LogP contribution in [0, 0.1) is 23.0 Å². The van der Waals surface area contributed by atoms with Crippen molar-refractivity contribution in [3.8, 4) is 16.4 Å². The first-order valence-electron chi connectivity index (χ1n) is 15.1. The number of carboxylic acid groups (broad SMARTS) is 1. The second-order valence-corrected chi connectivity index (χ2v) is 14.9. The summed E-state index contributed by atoms with van der Waals surface area (Å²) in [7, 11) is -2.33. The average Bonchev–Trinajstić information content (AvgIpc) is 3.50. The Labute approximate surface area is 266 Å². The molecule has 1 aliphatic carbocycles. The molecule has 3 aliphatic rings. The lowest BCUT2D eigenvalue weighted by atomic mass is 9.72. The van der Waals surface area contributed by atoms with Gasteiger partial charge in [-0.3, -0.25) is 4.90 Å². The van der Waals surface area contributed by atoms with Crippen LogP contribution in [0.15, 0.2) is 46.7 Å². The number of hydrogen-bond donors (Lipinski definition) is 2. The maximum Gasteiger partial charge on any atom is 0.355 e. The van der Waals surface area contributed by atoms with Crippen LogP contribution < -0.4 is 10.0 Å². The van der Waals surface area contributed by atoms with Crippen molar-refractivity contribution in [1.82, 2.24) is 19.7 Å². The second kappa shape index (κ2) is 11.4. The van der Waals surface area contributed by atoms with Crippen LogP contribution >= 0.6 is 11.3 Å². The molecule has 3 fully saturated rings. The number of thiol groups is 1. The van der Waals surface area contributed by atoms with Gasteiger partial charge >= 0.3 is 5.97 Å². The molecule has 4 heterocycles. The van der Waals surface area contributed by atoms with Crippen molar-refractivity contribution >= 4 is 34.0 Å². The number of halogens is 2. The number of anilines is 1. The fraction of sp³-hybridized carbons (Fsp3) is 0.406. The van der Waals surface area contributed by atoms with Crippen LogP contribution in [0.4, 0.5) is 14.5 Å². The molecule has 1 spiro atoms. The summed E-state index contributed by atoms with van der Waals surface area (Å²) in [6.07, 6.45) is 3.12. The molecule has 2 saturated heterocycles. The van der Waals surface area contributed by atoms with E-state index in [1.165, 1.54) is 34.9 Å². The highest BCUT2D eigenvalue weighted by molar-refractivity contribution is 7.82. The molecule has 0 amide bonds. The van der Waals surface area contributed by atoms with Crippen molar-refractivity contribution in [3.63, 3.8) is 0 Å². The summed E-state index contributed by atoms with van der Waals surface area (Å²) in [5.74, 6) is -1.61. The Hall–Kier alpha value is -3.52. The number of hydrogen-bond acceptors (Lipinski definition) is 7. The number of benzene rings is 2. The van der Waals surface area contributed by atoms with Gasteiger partial charge in [0.25, 0.3) is 0 Å². The first-order valence-corrected chi connectivity index (χ1v) is 17.3. The van der Waals surface area contributed by atoms with Gasteiger partial charge in [0.05, 0.1) is 17.1 Å². The van der Waals surface area contributed by atoms with Crippen molar-refractivity contribution in [3.05, 3.63) is 75.9 Å². The summed E-state index contributed by atoms with van der Waals surface area (Å²) in [5, 5.41) is 21.9. The van der Waals surface area contributed by atoms with Crippen molar-refractivity contribution in [1.29, 1.82) is 0 Å². The summed E-state index contributed by atoms with van der Waals surface area (Å²) in [6, 6.07) is 10.0. The minimum absolute atomic E-state index is 0.0367. The zero-order chi connectivity index (χ0) is 31.6. The molecule has 3 N–H and O–H groups in total. The summed E-state index contributed by atoms with van der Waals surface area (Å²) in [4.78, 5) is 20.5. The second-order valence-electron chi connectivity index (χ2n) is 13.0. The lowest BCUT2D eigenvalue weighted by molar-refractivity contribution is -0.0413. The van der Waals surface area contributed by atoms with Crippen LogP contribution in [-0.4, -0.2) is 63.0 Å². The number of aromatic nitrogens is 3. The molecule has 4 aromatic rings. The SMILES string of the molecule is CC(C)N1CC2(CN(c3cc(-c4nn(-c5nc(C(=O)O)cs5)c(CC5CC5)c4Cc4ccc([SH+](N)=O)c(F)c4)ccc3F)C2)C1. The molecule has 1 atom stereocenters. The third-order valence-electron chi connectivity index (χ3n) is 9.21. The molecule has 13 heteroatoms. The van der Waals surface area contributed by atoms with E-state index in [-0.39, 0.29) is 21.8 Å². The van der Waals surface area contributed by atoms with Crippen molar-refractivity contribution in [2.75, 3.05) is 31.1 Å². The van der Waals surface area contributed by atoms with E-state index in [1.807, 2.05) is 6.07 Å². The number of thiazole rings is 1. The fourth-order valence-electron chi connectivity index (χ4n) is 6.59. The van der Waals surface area contributed by atoms with Gasteiger partial charge in [-0.05, 0) is 74.9 Å². The summed E-state index contributed by atoms with van der Waals surface area (Å²) in [6.45, 7) is 7.99. The molecule has 2 aromatic heterocycles. The molecular formula is C32H35F2N6O3S2+. The third kappa shape index (κ3) is 5.71. The highest BCUT2D eigenvalue weighted by Crippen LogP contribution is 2.45. The minimum atomic E-state index is -2.33. The van der Waals surface area contributed by atoms with E-state index in [0.717, 1.165) is 50.3 Å². The summed E-state index contributed by atoms with van der Waals surface area (Å²) < 4.78 is 43.7. The molecule has 0 bridgehead atoms. The number of rotatable bonds is 10. The van der Waals surface area contributed by atoms with E-state index in [2.05, 4.69) is 28.6 Å². The molecule has 1 unspecified atom stereocenters. The van der Waals surface area contributed by atoms with Gasteiger partial charge in [-0.1, -0.05) is 10.3 Å². The van der Waals surface area contributed by atoms with Gasteiger partial charge in [0.1, 0.15) is 5.82 Å². The third-order valence-corrected chi connectivity index (χ3v) is 10.9. The quantitative estimate of drug-likeness (QED) is 0.183. The molecule has 7 rings (SSSR count). The van der Waals surface area contributed by atoms with Crippen molar-refractivity contribution in [2.24, 2.45) is 16.5 Å². The number of carbonyl (C=O) groups is 1. The predicted molar refractivity (Wildman–Crippen MR) is 170 cm³/mol. The minimum Gasteiger partial charge on any atom is -0.476 e. The van der Waals surface area contributed by atoms with Gasteiger partial charge in [-0.25, -0.2) is 23.2 Å². The Morgan fingerprint density at radius 2 is 1.89 bits per heavy atom. The van der Waals surface area contributed by atoms with E-state index in [9.17, 15) is 18.5 Å². The van der Waals surface area contributed by atoms with Crippen LogP contribution in [0.3, 0.4) is 0 Å². The van der Waals surface area contributed by atoms with Gasteiger partial charge in [-0.2, -0.15) is 5.10 Å². The highest BCUT2D eigenvalue weighted by Gasteiger charge is 2.52. The Bertz CT molecular complexity index is 1820. The maximum atomic E-state index is 15.3. The van der Waals surface area contributed by atoms with Crippen LogP contribution in [0.2, 0.25) is 0 Å². The van der Waals surface area contributed by atoms with Gasteiger partial charge < -0.3 is 10.0 Å². The Morgan fingerprint density at radius 1 is 1.13 bits per heavy atom. The van der Waals surface area contributed by atoms with Gasteiger partial charge in [0, 0.05) is 60.6 Å². The number of carboxylic acids is 1. The maximum absolute atomic E-state index is 15.3. The van der Waals surface area contributed by atoms with Crippen LogP contribution in [0.1, 0.15) is 54.0 Å². The van der Waals surface area contributed by atoms with Crippen LogP contribution in [0.25, 0.3) is 16.4 Å². The fourth-order valence-corrected chi connectivity index (χ4v) is 7.85. The lowest BCUT2D eigenvalue weighted by Gasteiger charge is -2.62. The van der Waals surface area contributed by atoms with E-state index < -0.39 is 22.8 Å². The summed E-state index contributed by atoms with van der Waals surface area (Å²) in [5.41, 5.74) is 4.33. The molecule has 0 radical (unpaired) electrons. The first-order chi connectivity index (χ1) is 21.5. The van der Waals surface area contributed by atoms with Crippen LogP contribution in [0.5, 0.6) is 0 Å². The molecule has 2 aliphatic heterocycles. The van der Waals surface area contributed by atoms with Crippen LogP contribution in [-0.2, 0) is 28.0 Å². The molecule has 45 heavy (non-hydrogen) atoms. The zero-order valence-electron chi connectivity index (χ0n) is 25.0. The lowest BCUT2D eigenvalue weighted by Crippen LogP contribution is -2.73. The van der Waals surface area contributed by atoms with Crippen molar-refractivity contribution < 1.29 is 22.9 Å². The Kier molecular flexibility index (Phi) is 7.62. The normalized spacial score (nSPS) is 18.3. The smallest absolute Gasteiger partial charge is 0.355 e. The molecule has 9 nitrogen and oxygen atoms in total.